The lowest BCUT2D eigenvalue weighted by molar-refractivity contribution is 0.494. The minimum absolute atomic E-state index is 0.420. The lowest BCUT2D eigenvalue weighted by Gasteiger charge is -2.09. The quantitative estimate of drug-likeness (QED) is 0.641. The van der Waals surface area contributed by atoms with Crippen LogP contribution in [0.4, 0.5) is 0 Å². The Morgan fingerprint density at radius 2 is 1.88 bits per heavy atom. The molecule has 2 aromatic rings. The molecule has 5 heteroatoms. The highest BCUT2D eigenvalue weighted by Crippen LogP contribution is 2.36. The van der Waals surface area contributed by atoms with Crippen molar-refractivity contribution in [2.75, 3.05) is 0 Å². The second-order valence-electron chi connectivity index (χ2n) is 3.17. The minimum Gasteiger partial charge on any atom is -0.452 e. The lowest BCUT2D eigenvalue weighted by atomic mass is 10.1. The Morgan fingerprint density at radius 3 is 2.44 bits per heavy atom. The smallest absolute Gasteiger partial charge is 0.169 e. The van der Waals surface area contributed by atoms with Gasteiger partial charge in [-0.3, -0.25) is 0 Å². The van der Waals surface area contributed by atoms with Gasteiger partial charge >= 0.3 is 0 Å². The van der Waals surface area contributed by atoms with Gasteiger partial charge in [-0.1, -0.05) is 29.3 Å². The van der Waals surface area contributed by atoms with E-state index in [0.29, 0.717) is 20.5 Å². The molecular weight excluding hydrogens is 334 g/mol. The van der Waals surface area contributed by atoms with E-state index in [2.05, 4.69) is 15.9 Å². The van der Waals surface area contributed by atoms with E-state index in [0.717, 1.165) is 5.56 Å². The van der Waals surface area contributed by atoms with Crippen molar-refractivity contribution in [3.63, 3.8) is 0 Å². The zero-order chi connectivity index (χ0) is 11.7. The molecule has 0 saturated heterocycles. The average molecular weight is 340 g/mol. The van der Waals surface area contributed by atoms with E-state index < -0.39 is 5.38 Å². The van der Waals surface area contributed by atoms with Crippen molar-refractivity contribution in [2.24, 2.45) is 0 Å². The summed E-state index contributed by atoms with van der Waals surface area (Å²) in [5, 5.41) is 0.689. The maximum Gasteiger partial charge on any atom is 0.169 e. The number of hydrogen-bond acceptors (Lipinski definition) is 1. The van der Waals surface area contributed by atoms with Crippen LogP contribution in [-0.2, 0) is 0 Å². The van der Waals surface area contributed by atoms with Gasteiger partial charge in [-0.05, 0) is 45.8 Å². The topological polar surface area (TPSA) is 13.1 Å². The molecule has 1 aromatic carbocycles. The van der Waals surface area contributed by atoms with Crippen molar-refractivity contribution >= 4 is 50.7 Å². The molecule has 0 radical (unpaired) electrons. The molecule has 0 aliphatic heterocycles. The zero-order valence-electron chi connectivity index (χ0n) is 7.88. The van der Waals surface area contributed by atoms with Crippen LogP contribution in [0.1, 0.15) is 16.7 Å². The predicted molar refractivity (Wildman–Crippen MR) is 70.6 cm³/mol. The average Bonchev–Trinajstić information content (AvgIpc) is 2.64. The normalized spacial score (nSPS) is 12.8. The molecule has 1 heterocycles. The molecule has 1 aromatic heterocycles. The molecule has 0 amide bonds. The van der Waals surface area contributed by atoms with Crippen LogP contribution in [-0.4, -0.2) is 0 Å². The van der Waals surface area contributed by atoms with Gasteiger partial charge in [-0.15, -0.1) is 11.6 Å². The van der Waals surface area contributed by atoms with E-state index in [4.69, 9.17) is 39.2 Å². The first-order valence-electron chi connectivity index (χ1n) is 4.42. The van der Waals surface area contributed by atoms with Crippen LogP contribution >= 0.6 is 50.7 Å². The van der Waals surface area contributed by atoms with Gasteiger partial charge in [0.2, 0.25) is 0 Å². The maximum absolute atomic E-state index is 6.26. The Morgan fingerprint density at radius 1 is 1.12 bits per heavy atom. The first-order chi connectivity index (χ1) is 7.58. The van der Waals surface area contributed by atoms with Crippen molar-refractivity contribution in [1.82, 2.24) is 0 Å². The fraction of sp³-hybridized carbons (Fsp3) is 0.0909. The van der Waals surface area contributed by atoms with Gasteiger partial charge in [0.15, 0.2) is 4.67 Å². The van der Waals surface area contributed by atoms with Crippen LogP contribution < -0.4 is 0 Å². The van der Waals surface area contributed by atoms with E-state index in [-0.39, 0.29) is 0 Å². The maximum atomic E-state index is 6.26. The molecule has 2 rings (SSSR count). The molecule has 84 valence electrons. The standard InChI is InChI=1S/C11H6BrCl3O/c12-10-4-3-9(16-10)11(15)7-2-1-6(13)5-8(7)14/h1-5,11H. The Kier molecular flexibility index (Phi) is 3.85. The lowest BCUT2D eigenvalue weighted by Crippen LogP contribution is -1.92. The summed E-state index contributed by atoms with van der Waals surface area (Å²) in [6.07, 6.45) is 0. The molecule has 1 atom stereocenters. The van der Waals surface area contributed by atoms with Crippen molar-refractivity contribution in [2.45, 2.75) is 5.38 Å². The van der Waals surface area contributed by atoms with Crippen LogP contribution in [0.15, 0.2) is 39.4 Å². The SMILES string of the molecule is Clc1ccc(C(Cl)c2ccc(Br)o2)c(Cl)c1. The zero-order valence-corrected chi connectivity index (χ0v) is 11.7. The van der Waals surface area contributed by atoms with Gasteiger partial charge in [-0.2, -0.15) is 0 Å². The van der Waals surface area contributed by atoms with Crippen molar-refractivity contribution in [3.05, 3.63) is 56.4 Å². The summed E-state index contributed by atoms with van der Waals surface area (Å²) in [7, 11) is 0. The largest absolute Gasteiger partial charge is 0.452 e. The number of alkyl halides is 1. The Hall–Kier alpha value is -0.150. The summed E-state index contributed by atoms with van der Waals surface area (Å²) in [5.74, 6) is 0.637. The summed E-state index contributed by atoms with van der Waals surface area (Å²) < 4.78 is 6.02. The second kappa shape index (κ2) is 5.01. The molecule has 0 saturated carbocycles. The van der Waals surface area contributed by atoms with E-state index in [1.807, 2.05) is 0 Å². The van der Waals surface area contributed by atoms with Gasteiger partial charge < -0.3 is 4.42 Å². The highest BCUT2D eigenvalue weighted by molar-refractivity contribution is 9.10. The monoisotopic (exact) mass is 338 g/mol. The number of halogens is 4. The van der Waals surface area contributed by atoms with Crippen molar-refractivity contribution in [3.8, 4) is 0 Å². The van der Waals surface area contributed by atoms with Crippen molar-refractivity contribution in [1.29, 1.82) is 0 Å². The highest BCUT2D eigenvalue weighted by atomic mass is 79.9. The summed E-state index contributed by atoms with van der Waals surface area (Å²) in [6.45, 7) is 0. The summed E-state index contributed by atoms with van der Waals surface area (Å²) in [6, 6.07) is 8.78. The number of benzene rings is 1. The Balaban J connectivity index is 2.37. The summed E-state index contributed by atoms with van der Waals surface area (Å²) in [5.41, 5.74) is 0.773. The number of hydrogen-bond donors (Lipinski definition) is 0. The molecule has 0 bridgehead atoms. The van der Waals surface area contributed by atoms with Crippen LogP contribution in [0.25, 0.3) is 0 Å². The number of rotatable bonds is 2. The van der Waals surface area contributed by atoms with Gasteiger partial charge in [0.1, 0.15) is 11.1 Å². The molecule has 0 N–H and O–H groups in total. The fourth-order valence-corrected chi connectivity index (χ4v) is 2.52. The Bertz CT molecular complexity index is 510. The first kappa shape index (κ1) is 12.3. The van der Waals surface area contributed by atoms with E-state index in [1.54, 1.807) is 30.3 Å². The molecule has 1 unspecified atom stereocenters. The van der Waals surface area contributed by atoms with Gasteiger partial charge in [0, 0.05) is 10.0 Å². The van der Waals surface area contributed by atoms with Gasteiger partial charge in [-0.25, -0.2) is 0 Å². The molecule has 0 spiro atoms. The molecule has 0 aliphatic carbocycles. The third kappa shape index (κ3) is 2.57. The van der Waals surface area contributed by atoms with Crippen LogP contribution in [0, 0.1) is 0 Å². The Labute approximate surface area is 116 Å². The predicted octanol–water partition coefficient (Wildman–Crippen LogP) is 5.68. The van der Waals surface area contributed by atoms with Crippen LogP contribution in [0.3, 0.4) is 0 Å². The van der Waals surface area contributed by atoms with Gasteiger partial charge in [0.25, 0.3) is 0 Å². The van der Waals surface area contributed by atoms with Crippen molar-refractivity contribution < 1.29 is 4.42 Å². The van der Waals surface area contributed by atoms with E-state index in [9.17, 15) is 0 Å². The second-order valence-corrected chi connectivity index (χ2v) is 5.23. The minimum atomic E-state index is -0.420. The molecule has 0 fully saturated rings. The van der Waals surface area contributed by atoms with Gasteiger partial charge in [0.05, 0.1) is 0 Å². The summed E-state index contributed by atoms with van der Waals surface area (Å²) in [4.78, 5) is 0. The molecule has 0 aliphatic rings. The molecule has 1 nitrogen and oxygen atoms in total. The van der Waals surface area contributed by atoms with Crippen LogP contribution in [0.5, 0.6) is 0 Å². The third-order valence-electron chi connectivity index (χ3n) is 2.08. The highest BCUT2D eigenvalue weighted by Gasteiger charge is 2.17. The fourth-order valence-electron chi connectivity index (χ4n) is 1.32. The first-order valence-corrected chi connectivity index (χ1v) is 6.40. The number of furan rings is 1. The summed E-state index contributed by atoms with van der Waals surface area (Å²) >= 11 is 21.4. The van der Waals surface area contributed by atoms with Crippen LogP contribution in [0.2, 0.25) is 10.0 Å². The molecular formula is C11H6BrCl3O. The third-order valence-corrected chi connectivity index (χ3v) is 3.52. The molecule has 16 heavy (non-hydrogen) atoms. The van der Waals surface area contributed by atoms with E-state index in [1.165, 1.54) is 0 Å². The van der Waals surface area contributed by atoms with E-state index >= 15 is 0 Å².